The third kappa shape index (κ3) is 4.46. The second kappa shape index (κ2) is 8.51. The van der Waals surface area contributed by atoms with E-state index in [0.29, 0.717) is 5.69 Å². The number of furan rings is 1. The molecule has 1 aromatic carbocycles. The molecule has 3 rings (SSSR count). The molecule has 3 amide bonds. The van der Waals surface area contributed by atoms with Gasteiger partial charge in [-0.15, -0.1) is 0 Å². The van der Waals surface area contributed by atoms with Crippen LogP contribution in [0, 0.1) is 13.8 Å². The summed E-state index contributed by atoms with van der Waals surface area (Å²) in [5.74, 6) is -0.627. The summed E-state index contributed by atoms with van der Waals surface area (Å²) in [6.45, 7) is 4.32. The van der Waals surface area contributed by atoms with Crippen LogP contribution in [0.15, 0.2) is 46.1 Å². The number of carbonyl (C=O) groups excluding carboxylic acids is 3. The van der Waals surface area contributed by atoms with E-state index < -0.39 is 0 Å². The van der Waals surface area contributed by atoms with Gasteiger partial charge in [-0.3, -0.25) is 14.4 Å². The molecule has 2 N–H and O–H groups in total. The molecule has 1 aliphatic rings. The zero-order valence-electron chi connectivity index (χ0n) is 15.8. The molecule has 1 aromatic heterocycles. The van der Waals surface area contributed by atoms with Crippen molar-refractivity contribution in [3.05, 3.63) is 53.5 Å². The van der Waals surface area contributed by atoms with E-state index in [9.17, 15) is 14.4 Å². The maximum atomic E-state index is 12.4. The van der Waals surface area contributed by atoms with Gasteiger partial charge in [-0.05, 0) is 43.2 Å². The fourth-order valence-corrected chi connectivity index (χ4v) is 2.80. The summed E-state index contributed by atoms with van der Waals surface area (Å²) in [6.07, 6.45) is 1.92. The smallest absolute Gasteiger partial charge is 0.287 e. The third-order valence-corrected chi connectivity index (χ3v) is 4.33. The largest absolute Gasteiger partial charge is 0.459 e. The second-order valence-electron chi connectivity index (χ2n) is 6.53. The quantitative estimate of drug-likeness (QED) is 0.745. The van der Waals surface area contributed by atoms with E-state index in [2.05, 4.69) is 15.7 Å². The van der Waals surface area contributed by atoms with Crippen LogP contribution in [-0.2, 0) is 9.59 Å². The zero-order chi connectivity index (χ0) is 20.1. The topological polar surface area (TPSA) is 104 Å². The van der Waals surface area contributed by atoms with Crippen LogP contribution in [0.25, 0.3) is 0 Å². The number of anilines is 1. The van der Waals surface area contributed by atoms with Crippen LogP contribution < -0.4 is 15.6 Å². The molecule has 0 saturated heterocycles. The highest BCUT2D eigenvalue weighted by Crippen LogP contribution is 2.25. The minimum Gasteiger partial charge on any atom is -0.459 e. The van der Waals surface area contributed by atoms with Crippen LogP contribution in [0.2, 0.25) is 0 Å². The molecular weight excluding hydrogens is 360 g/mol. The number of hydrogen-bond acceptors (Lipinski definition) is 5. The molecule has 2 heterocycles. The molecule has 0 radical (unpaired) electrons. The maximum Gasteiger partial charge on any atom is 0.287 e. The SMILES string of the molecule is Cc1ccc(C)c(N2N=C(C(=O)NCCNC(=O)c3ccco3)CCC2=O)c1. The number of rotatable bonds is 6. The van der Waals surface area contributed by atoms with Crippen molar-refractivity contribution in [1.82, 2.24) is 10.6 Å². The summed E-state index contributed by atoms with van der Waals surface area (Å²) in [5.41, 5.74) is 2.89. The Labute approximate surface area is 162 Å². The van der Waals surface area contributed by atoms with Gasteiger partial charge in [0.25, 0.3) is 11.8 Å². The van der Waals surface area contributed by atoms with Crippen molar-refractivity contribution in [2.24, 2.45) is 5.10 Å². The number of benzene rings is 1. The lowest BCUT2D eigenvalue weighted by Gasteiger charge is -2.24. The fraction of sp³-hybridized carbons (Fsp3) is 0.300. The molecular formula is C20H22N4O4. The first-order chi connectivity index (χ1) is 13.5. The third-order valence-electron chi connectivity index (χ3n) is 4.33. The Morgan fingerprint density at radius 1 is 1.11 bits per heavy atom. The van der Waals surface area contributed by atoms with E-state index in [1.54, 1.807) is 12.1 Å². The van der Waals surface area contributed by atoms with Crippen LogP contribution in [0.4, 0.5) is 5.69 Å². The van der Waals surface area contributed by atoms with E-state index in [1.807, 2.05) is 32.0 Å². The highest BCUT2D eigenvalue weighted by Gasteiger charge is 2.26. The van der Waals surface area contributed by atoms with Gasteiger partial charge in [-0.1, -0.05) is 12.1 Å². The molecule has 146 valence electrons. The second-order valence-corrected chi connectivity index (χ2v) is 6.53. The summed E-state index contributed by atoms with van der Waals surface area (Å²) in [5, 5.41) is 10.9. The van der Waals surface area contributed by atoms with Gasteiger partial charge in [0.15, 0.2) is 5.76 Å². The molecule has 8 nitrogen and oxygen atoms in total. The molecule has 1 aliphatic heterocycles. The van der Waals surface area contributed by atoms with E-state index in [-0.39, 0.29) is 55.1 Å². The van der Waals surface area contributed by atoms with Crippen molar-refractivity contribution in [1.29, 1.82) is 0 Å². The van der Waals surface area contributed by atoms with Crippen molar-refractivity contribution >= 4 is 29.1 Å². The molecule has 0 aliphatic carbocycles. The predicted octanol–water partition coefficient (Wildman–Crippen LogP) is 1.93. The van der Waals surface area contributed by atoms with Crippen LogP contribution in [0.1, 0.15) is 34.5 Å². The zero-order valence-corrected chi connectivity index (χ0v) is 15.8. The van der Waals surface area contributed by atoms with Gasteiger partial charge in [0.1, 0.15) is 5.71 Å². The van der Waals surface area contributed by atoms with Crippen LogP contribution >= 0.6 is 0 Å². The molecule has 0 saturated carbocycles. The van der Waals surface area contributed by atoms with E-state index in [0.717, 1.165) is 11.1 Å². The van der Waals surface area contributed by atoms with Gasteiger partial charge in [0, 0.05) is 25.9 Å². The van der Waals surface area contributed by atoms with Gasteiger partial charge in [-0.2, -0.15) is 5.10 Å². The molecule has 0 atom stereocenters. The Hall–Kier alpha value is -3.42. The van der Waals surface area contributed by atoms with Crippen LogP contribution in [-0.4, -0.2) is 36.5 Å². The van der Waals surface area contributed by atoms with Crippen molar-refractivity contribution < 1.29 is 18.8 Å². The fourth-order valence-electron chi connectivity index (χ4n) is 2.80. The van der Waals surface area contributed by atoms with Crippen LogP contribution in [0.5, 0.6) is 0 Å². The minimum absolute atomic E-state index is 0.143. The highest BCUT2D eigenvalue weighted by molar-refractivity contribution is 6.40. The normalized spacial score (nSPS) is 13.9. The first-order valence-electron chi connectivity index (χ1n) is 9.03. The predicted molar refractivity (Wildman–Crippen MR) is 104 cm³/mol. The lowest BCUT2D eigenvalue weighted by atomic mass is 10.1. The molecule has 0 spiro atoms. The van der Waals surface area contributed by atoms with Crippen molar-refractivity contribution in [3.63, 3.8) is 0 Å². The summed E-state index contributed by atoms with van der Waals surface area (Å²) >= 11 is 0. The number of aryl methyl sites for hydroxylation is 2. The molecule has 8 heteroatoms. The molecule has 2 aromatic rings. The lowest BCUT2D eigenvalue weighted by molar-refractivity contribution is -0.119. The van der Waals surface area contributed by atoms with E-state index in [1.165, 1.54) is 11.3 Å². The number of hydrogen-bond donors (Lipinski definition) is 2. The van der Waals surface area contributed by atoms with Gasteiger partial charge in [0.05, 0.1) is 12.0 Å². The molecule has 0 bridgehead atoms. The number of nitrogens with zero attached hydrogens (tertiary/aromatic N) is 2. The van der Waals surface area contributed by atoms with Crippen LogP contribution in [0.3, 0.4) is 0 Å². The number of amides is 3. The Bertz CT molecular complexity index is 918. The average Bonchev–Trinajstić information content (AvgIpc) is 3.22. The standard InChI is InChI=1S/C20H22N4O4/c1-13-5-6-14(2)16(12-13)24-18(25)8-7-15(23-24)19(26)21-9-10-22-20(27)17-4-3-11-28-17/h3-6,11-12H,7-10H2,1-2H3,(H,21,26)(H,22,27). The Morgan fingerprint density at radius 2 is 1.86 bits per heavy atom. The molecule has 0 unspecified atom stereocenters. The van der Waals surface area contributed by atoms with Crippen molar-refractivity contribution in [2.45, 2.75) is 26.7 Å². The minimum atomic E-state index is -0.352. The van der Waals surface area contributed by atoms with Gasteiger partial charge in [-0.25, -0.2) is 5.01 Å². The highest BCUT2D eigenvalue weighted by atomic mass is 16.3. The number of hydrazone groups is 1. The van der Waals surface area contributed by atoms with E-state index in [4.69, 9.17) is 4.42 Å². The maximum absolute atomic E-state index is 12.4. The average molecular weight is 382 g/mol. The first-order valence-corrected chi connectivity index (χ1v) is 9.03. The monoisotopic (exact) mass is 382 g/mol. The van der Waals surface area contributed by atoms with Crippen molar-refractivity contribution in [3.8, 4) is 0 Å². The van der Waals surface area contributed by atoms with Crippen molar-refractivity contribution in [2.75, 3.05) is 18.1 Å². The Morgan fingerprint density at radius 3 is 2.57 bits per heavy atom. The number of nitrogens with one attached hydrogen (secondary N) is 2. The Balaban J connectivity index is 1.59. The summed E-state index contributed by atoms with van der Waals surface area (Å²) in [6, 6.07) is 8.94. The Kier molecular flexibility index (Phi) is 5.88. The summed E-state index contributed by atoms with van der Waals surface area (Å²) in [7, 11) is 0. The molecule has 0 fully saturated rings. The number of carbonyl (C=O) groups is 3. The van der Waals surface area contributed by atoms with E-state index >= 15 is 0 Å². The van der Waals surface area contributed by atoms with Gasteiger partial charge < -0.3 is 15.1 Å². The lowest BCUT2D eigenvalue weighted by Crippen LogP contribution is -2.41. The van der Waals surface area contributed by atoms with Gasteiger partial charge in [0.2, 0.25) is 5.91 Å². The molecule has 28 heavy (non-hydrogen) atoms. The summed E-state index contributed by atoms with van der Waals surface area (Å²) < 4.78 is 4.99. The first kappa shape index (κ1) is 19.3. The summed E-state index contributed by atoms with van der Waals surface area (Å²) in [4.78, 5) is 36.5. The van der Waals surface area contributed by atoms with Gasteiger partial charge >= 0.3 is 0 Å².